The molecule has 21 heavy (non-hydrogen) atoms. The van der Waals surface area contributed by atoms with Gasteiger partial charge in [0.05, 0.1) is 5.52 Å². The number of fused-ring (bicyclic) bond motifs is 1. The summed E-state index contributed by atoms with van der Waals surface area (Å²) in [5.74, 6) is -1.22. The molecule has 0 amide bonds. The van der Waals surface area contributed by atoms with Crippen molar-refractivity contribution >= 4 is 16.9 Å². The van der Waals surface area contributed by atoms with E-state index in [-0.39, 0.29) is 5.56 Å². The van der Waals surface area contributed by atoms with Crippen LogP contribution in [0.2, 0.25) is 0 Å². The lowest BCUT2D eigenvalue weighted by molar-refractivity contribution is 0.0695. The SMILES string of the molecule is Cc1ccc(-n2c(=O)c(C(=O)O)cc3ccccc32)cc1. The van der Waals surface area contributed by atoms with E-state index >= 15 is 0 Å². The van der Waals surface area contributed by atoms with E-state index in [4.69, 9.17) is 0 Å². The molecule has 0 unspecified atom stereocenters. The average Bonchev–Trinajstić information content (AvgIpc) is 2.48. The van der Waals surface area contributed by atoms with Crippen LogP contribution in [0.1, 0.15) is 15.9 Å². The van der Waals surface area contributed by atoms with Crippen LogP contribution in [0.4, 0.5) is 0 Å². The zero-order valence-corrected chi connectivity index (χ0v) is 11.4. The third-order valence-corrected chi connectivity index (χ3v) is 3.43. The van der Waals surface area contributed by atoms with Gasteiger partial charge in [-0.15, -0.1) is 0 Å². The molecule has 0 atom stereocenters. The van der Waals surface area contributed by atoms with Crippen molar-refractivity contribution in [3.63, 3.8) is 0 Å². The molecular weight excluding hydrogens is 266 g/mol. The van der Waals surface area contributed by atoms with Gasteiger partial charge in [-0.3, -0.25) is 9.36 Å². The van der Waals surface area contributed by atoms with E-state index in [1.54, 1.807) is 6.07 Å². The van der Waals surface area contributed by atoms with Gasteiger partial charge in [-0.1, -0.05) is 35.9 Å². The highest BCUT2D eigenvalue weighted by molar-refractivity contribution is 5.93. The maximum absolute atomic E-state index is 12.5. The maximum Gasteiger partial charge on any atom is 0.341 e. The van der Waals surface area contributed by atoms with Crippen LogP contribution < -0.4 is 5.56 Å². The zero-order chi connectivity index (χ0) is 15.0. The standard InChI is InChI=1S/C17H13NO3/c1-11-6-8-13(9-7-11)18-15-5-3-2-4-12(15)10-14(16(18)19)17(20)21/h2-10H,1H3,(H,20,21). The molecule has 1 N–H and O–H groups in total. The Morgan fingerprint density at radius 3 is 2.38 bits per heavy atom. The summed E-state index contributed by atoms with van der Waals surface area (Å²) in [5.41, 5.74) is 1.67. The van der Waals surface area contributed by atoms with Gasteiger partial charge in [-0.05, 0) is 36.6 Å². The van der Waals surface area contributed by atoms with Crippen LogP contribution in [-0.2, 0) is 0 Å². The van der Waals surface area contributed by atoms with Gasteiger partial charge in [0, 0.05) is 5.69 Å². The number of carboxylic acid groups (broad SMARTS) is 1. The van der Waals surface area contributed by atoms with Gasteiger partial charge in [0.1, 0.15) is 5.56 Å². The van der Waals surface area contributed by atoms with Crippen molar-refractivity contribution in [2.75, 3.05) is 0 Å². The predicted octanol–water partition coefficient (Wildman–Crippen LogP) is 3.00. The Hall–Kier alpha value is -2.88. The first-order chi connectivity index (χ1) is 10.1. The van der Waals surface area contributed by atoms with Crippen LogP contribution in [0, 0.1) is 6.92 Å². The zero-order valence-electron chi connectivity index (χ0n) is 11.4. The molecule has 0 aliphatic rings. The number of para-hydroxylation sites is 1. The number of aryl methyl sites for hydroxylation is 1. The summed E-state index contributed by atoms with van der Waals surface area (Å²) in [6, 6.07) is 16.1. The fourth-order valence-corrected chi connectivity index (χ4v) is 2.36. The van der Waals surface area contributed by atoms with Crippen molar-refractivity contribution in [1.82, 2.24) is 4.57 Å². The second kappa shape index (κ2) is 4.90. The summed E-state index contributed by atoms with van der Waals surface area (Å²) in [6.07, 6.45) is 0. The molecule has 104 valence electrons. The van der Waals surface area contributed by atoms with E-state index in [2.05, 4.69) is 0 Å². The van der Waals surface area contributed by atoms with Gasteiger partial charge >= 0.3 is 5.97 Å². The van der Waals surface area contributed by atoms with Crippen LogP contribution in [-0.4, -0.2) is 15.6 Å². The summed E-state index contributed by atoms with van der Waals surface area (Å²) in [6.45, 7) is 1.96. The molecular formula is C17H13NO3. The van der Waals surface area contributed by atoms with Crippen LogP contribution >= 0.6 is 0 Å². The van der Waals surface area contributed by atoms with Crippen molar-refractivity contribution in [2.45, 2.75) is 6.92 Å². The molecule has 0 fully saturated rings. The number of rotatable bonds is 2. The minimum absolute atomic E-state index is 0.228. The Morgan fingerprint density at radius 2 is 1.71 bits per heavy atom. The van der Waals surface area contributed by atoms with Crippen molar-refractivity contribution in [3.8, 4) is 5.69 Å². The highest BCUT2D eigenvalue weighted by Gasteiger charge is 2.15. The molecule has 0 aliphatic carbocycles. The first kappa shape index (κ1) is 13.1. The van der Waals surface area contributed by atoms with E-state index in [0.29, 0.717) is 11.2 Å². The van der Waals surface area contributed by atoms with Gasteiger partial charge < -0.3 is 5.11 Å². The van der Waals surface area contributed by atoms with Gasteiger partial charge in [0.2, 0.25) is 0 Å². The van der Waals surface area contributed by atoms with Crippen molar-refractivity contribution in [1.29, 1.82) is 0 Å². The molecule has 0 radical (unpaired) electrons. The molecule has 3 rings (SSSR count). The molecule has 1 aromatic heterocycles. The molecule has 2 aromatic carbocycles. The minimum atomic E-state index is -1.22. The number of hydrogen-bond donors (Lipinski definition) is 1. The second-order valence-electron chi connectivity index (χ2n) is 4.90. The topological polar surface area (TPSA) is 59.3 Å². The lowest BCUT2D eigenvalue weighted by Gasteiger charge is -2.12. The van der Waals surface area contributed by atoms with Gasteiger partial charge in [-0.25, -0.2) is 4.79 Å². The normalized spacial score (nSPS) is 10.7. The third-order valence-electron chi connectivity index (χ3n) is 3.43. The fourth-order valence-electron chi connectivity index (χ4n) is 2.36. The molecule has 0 saturated carbocycles. The largest absolute Gasteiger partial charge is 0.477 e. The molecule has 0 bridgehead atoms. The summed E-state index contributed by atoms with van der Waals surface area (Å²) in [7, 11) is 0. The molecule has 0 spiro atoms. The number of pyridine rings is 1. The predicted molar refractivity (Wildman–Crippen MR) is 81.2 cm³/mol. The Bertz CT molecular complexity index is 892. The Kier molecular flexibility index (Phi) is 3.06. The third kappa shape index (κ3) is 2.21. The molecule has 1 heterocycles. The Balaban J connectivity index is 2.44. The quantitative estimate of drug-likeness (QED) is 0.784. The summed E-state index contributed by atoms with van der Waals surface area (Å²) in [5, 5.41) is 9.94. The summed E-state index contributed by atoms with van der Waals surface area (Å²) >= 11 is 0. The van der Waals surface area contributed by atoms with Crippen molar-refractivity contribution < 1.29 is 9.90 Å². The van der Waals surface area contributed by atoms with Crippen molar-refractivity contribution in [2.24, 2.45) is 0 Å². The Morgan fingerprint density at radius 1 is 1.05 bits per heavy atom. The lowest BCUT2D eigenvalue weighted by atomic mass is 10.1. The van der Waals surface area contributed by atoms with Gasteiger partial charge in [0.15, 0.2) is 0 Å². The highest BCUT2D eigenvalue weighted by atomic mass is 16.4. The fraction of sp³-hybridized carbons (Fsp3) is 0.0588. The molecule has 4 nitrogen and oxygen atoms in total. The molecule has 0 aliphatic heterocycles. The number of carbonyl (C=O) groups is 1. The van der Waals surface area contributed by atoms with E-state index in [1.807, 2.05) is 49.4 Å². The highest BCUT2D eigenvalue weighted by Crippen LogP contribution is 2.18. The van der Waals surface area contributed by atoms with E-state index in [0.717, 1.165) is 10.9 Å². The van der Waals surface area contributed by atoms with Crippen LogP contribution in [0.5, 0.6) is 0 Å². The minimum Gasteiger partial charge on any atom is -0.477 e. The first-order valence-electron chi connectivity index (χ1n) is 6.53. The van der Waals surface area contributed by atoms with Crippen molar-refractivity contribution in [3.05, 3.63) is 76.1 Å². The molecule has 0 saturated heterocycles. The average molecular weight is 279 g/mol. The smallest absolute Gasteiger partial charge is 0.341 e. The number of benzene rings is 2. The van der Waals surface area contributed by atoms with Crippen LogP contribution in [0.15, 0.2) is 59.4 Å². The molecule has 3 aromatic rings. The summed E-state index contributed by atoms with van der Waals surface area (Å²) in [4.78, 5) is 23.8. The number of hydrogen-bond acceptors (Lipinski definition) is 2. The second-order valence-corrected chi connectivity index (χ2v) is 4.90. The van der Waals surface area contributed by atoms with Gasteiger partial charge in [0.25, 0.3) is 5.56 Å². The lowest BCUT2D eigenvalue weighted by Crippen LogP contribution is -2.25. The van der Waals surface area contributed by atoms with E-state index < -0.39 is 11.5 Å². The van der Waals surface area contributed by atoms with E-state index in [1.165, 1.54) is 10.6 Å². The Labute approximate surface area is 120 Å². The van der Waals surface area contributed by atoms with Crippen LogP contribution in [0.25, 0.3) is 16.6 Å². The van der Waals surface area contributed by atoms with E-state index in [9.17, 15) is 14.7 Å². The number of aromatic nitrogens is 1. The van der Waals surface area contributed by atoms with Crippen LogP contribution in [0.3, 0.4) is 0 Å². The first-order valence-corrected chi connectivity index (χ1v) is 6.53. The summed E-state index contributed by atoms with van der Waals surface area (Å²) < 4.78 is 1.44. The maximum atomic E-state index is 12.5. The number of carboxylic acids is 1. The monoisotopic (exact) mass is 279 g/mol. The number of nitrogens with zero attached hydrogens (tertiary/aromatic N) is 1. The van der Waals surface area contributed by atoms with Gasteiger partial charge in [-0.2, -0.15) is 0 Å². The molecule has 4 heteroatoms. The number of aromatic carboxylic acids is 1.